The third-order valence-electron chi connectivity index (χ3n) is 3.24. The van der Waals surface area contributed by atoms with E-state index in [1.54, 1.807) is 10.9 Å². The molecule has 0 saturated heterocycles. The van der Waals surface area contributed by atoms with Crippen LogP contribution in [-0.4, -0.2) is 20.8 Å². The number of unbranched alkanes of at least 4 members (excludes halogenated alkanes) is 1. The summed E-state index contributed by atoms with van der Waals surface area (Å²) in [5, 5.41) is 7.89. The van der Waals surface area contributed by atoms with Gasteiger partial charge < -0.3 is 0 Å². The third-order valence-corrected chi connectivity index (χ3v) is 3.24. The van der Waals surface area contributed by atoms with Crippen molar-refractivity contribution in [3.8, 4) is 5.69 Å². The van der Waals surface area contributed by atoms with Crippen LogP contribution in [0.15, 0.2) is 36.5 Å². The van der Waals surface area contributed by atoms with E-state index in [1.165, 1.54) is 0 Å². The van der Waals surface area contributed by atoms with E-state index in [1.807, 2.05) is 37.3 Å². The molecule has 0 amide bonds. The first-order chi connectivity index (χ1) is 9.24. The summed E-state index contributed by atoms with van der Waals surface area (Å²) in [6, 6.07) is 9.62. The second-order valence-electron chi connectivity index (χ2n) is 4.77. The third kappa shape index (κ3) is 3.08. The summed E-state index contributed by atoms with van der Waals surface area (Å²) < 4.78 is 1.62. The smallest absolute Gasteiger partial charge is 0.185 e. The quantitative estimate of drug-likeness (QED) is 0.746. The Morgan fingerprint density at radius 1 is 1.32 bits per heavy atom. The minimum Gasteiger partial charge on any atom is -0.292 e. The molecule has 4 nitrogen and oxygen atoms in total. The summed E-state index contributed by atoms with van der Waals surface area (Å²) in [5.41, 5.74) is 1.43. The highest BCUT2D eigenvalue weighted by atomic mass is 16.1. The first-order valence-electron chi connectivity index (χ1n) is 6.74. The molecule has 100 valence electrons. The molecule has 0 spiro atoms. The number of ketones is 1. The number of benzene rings is 1. The molecule has 2 rings (SSSR count). The van der Waals surface area contributed by atoms with Gasteiger partial charge in [0, 0.05) is 5.92 Å². The van der Waals surface area contributed by atoms with Crippen LogP contribution in [0, 0.1) is 5.92 Å². The van der Waals surface area contributed by atoms with Crippen molar-refractivity contribution in [3.05, 3.63) is 42.2 Å². The molecule has 4 heteroatoms. The summed E-state index contributed by atoms with van der Waals surface area (Å²) in [4.78, 5) is 12.4. The SMILES string of the molecule is CCCCC(C)C(=O)c1cnnn1-c1ccccc1. The van der Waals surface area contributed by atoms with Gasteiger partial charge >= 0.3 is 0 Å². The van der Waals surface area contributed by atoms with Crippen LogP contribution in [0.4, 0.5) is 0 Å². The lowest BCUT2D eigenvalue weighted by Crippen LogP contribution is -2.16. The maximum Gasteiger partial charge on any atom is 0.185 e. The van der Waals surface area contributed by atoms with Crippen molar-refractivity contribution >= 4 is 5.78 Å². The fourth-order valence-corrected chi connectivity index (χ4v) is 2.06. The van der Waals surface area contributed by atoms with E-state index in [2.05, 4.69) is 17.2 Å². The van der Waals surface area contributed by atoms with E-state index in [0.717, 1.165) is 24.9 Å². The number of carbonyl (C=O) groups excluding carboxylic acids is 1. The van der Waals surface area contributed by atoms with Gasteiger partial charge in [0.05, 0.1) is 11.9 Å². The highest BCUT2D eigenvalue weighted by molar-refractivity contribution is 5.96. The molecule has 1 unspecified atom stereocenters. The van der Waals surface area contributed by atoms with Gasteiger partial charge in [-0.3, -0.25) is 4.79 Å². The molecule has 1 aromatic heterocycles. The van der Waals surface area contributed by atoms with Gasteiger partial charge in [-0.15, -0.1) is 5.10 Å². The highest BCUT2D eigenvalue weighted by Crippen LogP contribution is 2.16. The van der Waals surface area contributed by atoms with Crippen LogP contribution in [0.5, 0.6) is 0 Å². The number of nitrogens with zero attached hydrogens (tertiary/aromatic N) is 3. The van der Waals surface area contributed by atoms with Crippen LogP contribution in [0.3, 0.4) is 0 Å². The van der Waals surface area contributed by atoms with E-state index < -0.39 is 0 Å². The lowest BCUT2D eigenvalue weighted by atomic mass is 9.98. The van der Waals surface area contributed by atoms with Crippen LogP contribution < -0.4 is 0 Å². The van der Waals surface area contributed by atoms with Crippen LogP contribution >= 0.6 is 0 Å². The van der Waals surface area contributed by atoms with Gasteiger partial charge in [0.1, 0.15) is 5.69 Å². The van der Waals surface area contributed by atoms with Gasteiger partial charge in [-0.25, -0.2) is 4.68 Å². The Kier molecular flexibility index (Phi) is 4.44. The molecule has 0 aliphatic rings. The zero-order valence-electron chi connectivity index (χ0n) is 11.4. The largest absolute Gasteiger partial charge is 0.292 e. The molecular formula is C15H19N3O. The number of rotatable bonds is 6. The van der Waals surface area contributed by atoms with Crippen LogP contribution in [-0.2, 0) is 0 Å². The minimum absolute atomic E-state index is 0.0147. The number of carbonyl (C=O) groups is 1. The molecule has 0 aliphatic carbocycles. The van der Waals surface area contributed by atoms with Gasteiger partial charge in [0.2, 0.25) is 0 Å². The Morgan fingerprint density at radius 2 is 2.05 bits per heavy atom. The highest BCUT2D eigenvalue weighted by Gasteiger charge is 2.20. The van der Waals surface area contributed by atoms with Crippen LogP contribution in [0.25, 0.3) is 5.69 Å². The van der Waals surface area contributed by atoms with Gasteiger partial charge in [-0.05, 0) is 18.6 Å². The average molecular weight is 257 g/mol. The van der Waals surface area contributed by atoms with Crippen molar-refractivity contribution in [2.45, 2.75) is 33.1 Å². The lowest BCUT2D eigenvalue weighted by molar-refractivity contribution is 0.0914. The fraction of sp³-hybridized carbons (Fsp3) is 0.400. The Balaban J connectivity index is 2.22. The zero-order valence-corrected chi connectivity index (χ0v) is 11.4. The molecule has 1 atom stereocenters. The molecule has 0 saturated carbocycles. The molecule has 19 heavy (non-hydrogen) atoms. The first-order valence-corrected chi connectivity index (χ1v) is 6.74. The predicted octanol–water partition coefficient (Wildman–Crippen LogP) is 3.28. The van der Waals surface area contributed by atoms with Gasteiger partial charge in [-0.1, -0.05) is 50.1 Å². The van der Waals surface area contributed by atoms with E-state index in [9.17, 15) is 4.79 Å². The normalized spacial score (nSPS) is 12.3. The Hall–Kier alpha value is -1.97. The van der Waals surface area contributed by atoms with Crippen molar-refractivity contribution < 1.29 is 4.79 Å². The summed E-state index contributed by atoms with van der Waals surface area (Å²) in [7, 11) is 0. The summed E-state index contributed by atoms with van der Waals surface area (Å²) in [5.74, 6) is 0.128. The van der Waals surface area contributed by atoms with Crippen LogP contribution in [0.1, 0.15) is 43.6 Å². The van der Waals surface area contributed by atoms with Crippen LogP contribution in [0.2, 0.25) is 0 Å². The predicted molar refractivity (Wildman–Crippen MR) is 74.4 cm³/mol. The summed E-state index contributed by atoms with van der Waals surface area (Å²) in [6.07, 6.45) is 4.64. The number of hydrogen-bond donors (Lipinski definition) is 0. The van der Waals surface area contributed by atoms with Crippen molar-refractivity contribution in [3.63, 3.8) is 0 Å². The van der Waals surface area contributed by atoms with Gasteiger partial charge in [-0.2, -0.15) is 0 Å². The maximum absolute atomic E-state index is 12.4. The zero-order chi connectivity index (χ0) is 13.7. The second-order valence-corrected chi connectivity index (χ2v) is 4.77. The molecule has 0 radical (unpaired) electrons. The molecule has 0 N–H and O–H groups in total. The van der Waals surface area contributed by atoms with Gasteiger partial charge in [0.15, 0.2) is 5.78 Å². The molecule has 1 aromatic carbocycles. The maximum atomic E-state index is 12.4. The Bertz CT molecular complexity index is 533. The molecule has 0 bridgehead atoms. The second kappa shape index (κ2) is 6.27. The van der Waals surface area contributed by atoms with E-state index in [0.29, 0.717) is 5.69 Å². The molecule has 0 aliphatic heterocycles. The van der Waals surface area contributed by atoms with E-state index in [-0.39, 0.29) is 11.7 Å². The van der Waals surface area contributed by atoms with Crippen molar-refractivity contribution in [1.82, 2.24) is 15.0 Å². The molecule has 1 heterocycles. The van der Waals surface area contributed by atoms with Crippen molar-refractivity contribution in [2.75, 3.05) is 0 Å². The average Bonchev–Trinajstić information content (AvgIpc) is 2.94. The topological polar surface area (TPSA) is 47.8 Å². The van der Waals surface area contributed by atoms with Gasteiger partial charge in [0.25, 0.3) is 0 Å². The summed E-state index contributed by atoms with van der Waals surface area (Å²) in [6.45, 7) is 4.10. The number of para-hydroxylation sites is 1. The van der Waals surface area contributed by atoms with Crippen molar-refractivity contribution in [1.29, 1.82) is 0 Å². The molecular weight excluding hydrogens is 238 g/mol. The molecule has 2 aromatic rings. The Labute approximate surface area is 113 Å². The molecule has 0 fully saturated rings. The van der Waals surface area contributed by atoms with E-state index >= 15 is 0 Å². The number of Topliss-reactive ketones (excluding diaryl/α,β-unsaturated/α-hetero) is 1. The monoisotopic (exact) mass is 257 g/mol. The summed E-state index contributed by atoms with van der Waals surface area (Å²) >= 11 is 0. The fourth-order valence-electron chi connectivity index (χ4n) is 2.06. The number of hydrogen-bond acceptors (Lipinski definition) is 3. The minimum atomic E-state index is 0.0147. The Morgan fingerprint density at radius 3 is 2.74 bits per heavy atom. The standard InChI is InChI=1S/C15H19N3O/c1-3-4-8-12(2)15(19)14-11-16-17-18(14)13-9-6-5-7-10-13/h5-7,9-12H,3-4,8H2,1-2H3. The first kappa shape index (κ1) is 13.5. The van der Waals surface area contributed by atoms with E-state index in [4.69, 9.17) is 0 Å². The number of aromatic nitrogens is 3. The lowest BCUT2D eigenvalue weighted by Gasteiger charge is -2.10. The van der Waals surface area contributed by atoms with Crippen molar-refractivity contribution in [2.24, 2.45) is 5.92 Å².